The summed E-state index contributed by atoms with van der Waals surface area (Å²) >= 11 is 7.57. The summed E-state index contributed by atoms with van der Waals surface area (Å²) in [6.45, 7) is 5.14. The Kier molecular flexibility index (Phi) is 8.58. The topological polar surface area (TPSA) is 153 Å². The molecule has 0 saturated heterocycles. The molecule has 0 aliphatic heterocycles. The average Bonchev–Trinajstić information content (AvgIpc) is 3.22. The number of anilines is 1. The van der Waals surface area contributed by atoms with E-state index in [1.807, 2.05) is 26.0 Å². The minimum Gasteiger partial charge on any atom is -0.489 e. The molecule has 0 fully saturated rings. The molecule has 5 N–H and O–H groups in total. The third kappa shape index (κ3) is 7.16. The second-order valence-corrected chi connectivity index (χ2v) is 10.3. The molecule has 0 radical (unpaired) electrons. The smallest absolute Gasteiger partial charge is 0.469 e. The van der Waals surface area contributed by atoms with Gasteiger partial charge >= 0.3 is 7.82 Å². The van der Waals surface area contributed by atoms with Crippen LogP contribution in [0.5, 0.6) is 5.75 Å². The van der Waals surface area contributed by atoms with Crippen LogP contribution in [0.4, 0.5) is 10.2 Å². The number of phosphoric acid groups is 1. The standard InChI is InChI=1S/C20H24ClFN5O5PS/c1-10(2)25-18-5-4-12(8-24-18)19-26-27-20(34-19)13-6-15(22)17(7-14(13)21)31-9-16(23)11(3)32-33(28,29)30/h4-8,10-11,16H,9,23H2,1-3H3,(H,24,25)(H2,28,29,30)/t11-,16+/m1/s1. The number of ether oxygens (including phenoxy) is 1. The highest BCUT2D eigenvalue weighted by atomic mass is 35.5. The number of halogens is 2. The van der Waals surface area contributed by atoms with Gasteiger partial charge in [0.05, 0.1) is 17.2 Å². The molecule has 1 aromatic carbocycles. The molecule has 184 valence electrons. The van der Waals surface area contributed by atoms with Crippen LogP contribution in [-0.2, 0) is 9.09 Å². The Labute approximate surface area is 204 Å². The Morgan fingerprint density at radius 2 is 1.94 bits per heavy atom. The monoisotopic (exact) mass is 531 g/mol. The molecule has 0 aliphatic carbocycles. The van der Waals surface area contributed by atoms with Gasteiger partial charge in [0.15, 0.2) is 11.6 Å². The summed E-state index contributed by atoms with van der Waals surface area (Å²) in [6.07, 6.45) is 0.650. The van der Waals surface area contributed by atoms with Crippen LogP contribution < -0.4 is 15.8 Å². The molecule has 34 heavy (non-hydrogen) atoms. The number of aromatic nitrogens is 3. The van der Waals surface area contributed by atoms with E-state index in [-0.39, 0.29) is 23.4 Å². The summed E-state index contributed by atoms with van der Waals surface area (Å²) in [5.41, 5.74) is 6.89. The van der Waals surface area contributed by atoms with Crippen molar-refractivity contribution in [2.24, 2.45) is 5.73 Å². The van der Waals surface area contributed by atoms with E-state index in [9.17, 15) is 8.96 Å². The maximum Gasteiger partial charge on any atom is 0.469 e. The fraction of sp³-hybridized carbons (Fsp3) is 0.350. The van der Waals surface area contributed by atoms with E-state index in [0.717, 1.165) is 11.4 Å². The number of nitrogens with two attached hydrogens (primary N) is 1. The van der Waals surface area contributed by atoms with Crippen LogP contribution in [0.25, 0.3) is 21.1 Å². The number of nitrogens with one attached hydrogen (secondary N) is 1. The summed E-state index contributed by atoms with van der Waals surface area (Å²) in [4.78, 5) is 22.1. The van der Waals surface area contributed by atoms with Crippen LogP contribution >= 0.6 is 30.8 Å². The number of hydrogen-bond acceptors (Lipinski definition) is 9. The van der Waals surface area contributed by atoms with E-state index < -0.39 is 25.8 Å². The van der Waals surface area contributed by atoms with Gasteiger partial charge in [-0.2, -0.15) is 0 Å². The summed E-state index contributed by atoms with van der Waals surface area (Å²) < 4.78 is 35.5. The van der Waals surface area contributed by atoms with Crippen LogP contribution in [0, 0.1) is 5.82 Å². The Morgan fingerprint density at radius 1 is 1.24 bits per heavy atom. The largest absolute Gasteiger partial charge is 0.489 e. The summed E-state index contributed by atoms with van der Waals surface area (Å²) in [6, 6.07) is 5.49. The first-order valence-corrected chi connectivity index (χ1v) is 12.8. The van der Waals surface area contributed by atoms with Crippen LogP contribution in [0.1, 0.15) is 20.8 Å². The van der Waals surface area contributed by atoms with E-state index in [1.54, 1.807) is 6.20 Å². The van der Waals surface area contributed by atoms with E-state index in [4.69, 9.17) is 31.9 Å². The number of benzene rings is 1. The van der Waals surface area contributed by atoms with E-state index in [1.165, 1.54) is 30.4 Å². The van der Waals surface area contributed by atoms with E-state index >= 15 is 0 Å². The molecule has 3 aromatic rings. The normalized spacial score (nSPS) is 13.7. The van der Waals surface area contributed by atoms with Crippen LogP contribution in [-0.4, -0.2) is 49.8 Å². The molecule has 14 heteroatoms. The van der Waals surface area contributed by atoms with Gasteiger partial charge in [-0.25, -0.2) is 13.9 Å². The van der Waals surface area contributed by atoms with Crippen LogP contribution in [0.15, 0.2) is 30.5 Å². The van der Waals surface area contributed by atoms with Crippen molar-refractivity contribution in [2.75, 3.05) is 11.9 Å². The number of nitrogens with zero attached hydrogens (tertiary/aromatic N) is 3. The average molecular weight is 532 g/mol. The third-order valence-corrected chi connectivity index (χ3v) is 6.39. The molecule has 2 heterocycles. The van der Waals surface area contributed by atoms with Gasteiger partial charge in [-0.15, -0.1) is 10.2 Å². The first-order chi connectivity index (χ1) is 15.9. The van der Waals surface area contributed by atoms with Crippen molar-refractivity contribution < 1.29 is 28.0 Å². The Morgan fingerprint density at radius 3 is 2.56 bits per heavy atom. The van der Waals surface area contributed by atoms with E-state index in [0.29, 0.717) is 15.6 Å². The van der Waals surface area contributed by atoms with Crippen molar-refractivity contribution in [1.82, 2.24) is 15.2 Å². The predicted molar refractivity (Wildman–Crippen MR) is 128 cm³/mol. The lowest BCUT2D eigenvalue weighted by atomic mass is 10.2. The van der Waals surface area contributed by atoms with Crippen molar-refractivity contribution >= 4 is 36.6 Å². The lowest BCUT2D eigenvalue weighted by molar-refractivity contribution is 0.106. The lowest BCUT2D eigenvalue weighted by Crippen LogP contribution is -2.39. The summed E-state index contributed by atoms with van der Waals surface area (Å²) in [7, 11) is -4.71. The van der Waals surface area contributed by atoms with Gasteiger partial charge in [0, 0.05) is 29.4 Å². The highest BCUT2D eigenvalue weighted by Crippen LogP contribution is 2.39. The fourth-order valence-corrected chi connectivity index (χ4v) is 4.52. The van der Waals surface area contributed by atoms with Crippen molar-refractivity contribution in [2.45, 2.75) is 39.0 Å². The fourth-order valence-electron chi connectivity index (χ4n) is 2.77. The highest BCUT2D eigenvalue weighted by Gasteiger charge is 2.25. The molecule has 0 saturated carbocycles. The maximum absolute atomic E-state index is 14.7. The molecular formula is C20H24ClFN5O5PS. The first kappa shape index (κ1) is 26.4. The molecule has 0 bridgehead atoms. The minimum atomic E-state index is -4.71. The molecular weight excluding hydrogens is 508 g/mol. The van der Waals surface area contributed by atoms with Gasteiger partial charge in [0.1, 0.15) is 22.4 Å². The zero-order valence-electron chi connectivity index (χ0n) is 18.5. The lowest BCUT2D eigenvalue weighted by Gasteiger charge is -2.21. The highest BCUT2D eigenvalue weighted by molar-refractivity contribution is 7.46. The van der Waals surface area contributed by atoms with Crippen molar-refractivity contribution in [3.63, 3.8) is 0 Å². The zero-order chi connectivity index (χ0) is 25.0. The third-order valence-electron chi connectivity index (χ3n) is 4.46. The molecule has 2 atom stereocenters. The maximum atomic E-state index is 14.7. The molecule has 2 aromatic heterocycles. The zero-order valence-corrected chi connectivity index (χ0v) is 20.9. The van der Waals surface area contributed by atoms with Gasteiger partial charge in [0.2, 0.25) is 0 Å². The first-order valence-electron chi connectivity index (χ1n) is 10.1. The number of hydrogen-bond donors (Lipinski definition) is 4. The SMILES string of the molecule is CC(C)Nc1ccc(-c2nnc(-c3cc(F)c(OC[C@H](N)[C@@H](C)OP(=O)(O)O)cc3Cl)s2)cn1. The van der Waals surface area contributed by atoms with Gasteiger partial charge in [-0.1, -0.05) is 22.9 Å². The summed E-state index contributed by atoms with van der Waals surface area (Å²) in [5, 5.41) is 12.7. The van der Waals surface area contributed by atoms with Gasteiger partial charge in [-0.05, 0) is 39.0 Å². The second kappa shape index (κ2) is 11.0. The Balaban J connectivity index is 1.72. The van der Waals surface area contributed by atoms with Crippen molar-refractivity contribution in [1.29, 1.82) is 0 Å². The van der Waals surface area contributed by atoms with E-state index in [2.05, 4.69) is 25.0 Å². The molecule has 0 spiro atoms. The van der Waals surface area contributed by atoms with Crippen molar-refractivity contribution in [3.05, 3.63) is 41.3 Å². The van der Waals surface area contributed by atoms with Crippen LogP contribution in [0.3, 0.4) is 0 Å². The van der Waals surface area contributed by atoms with Crippen LogP contribution in [0.2, 0.25) is 5.02 Å². The number of rotatable bonds is 10. The van der Waals surface area contributed by atoms with Gasteiger partial charge in [0.25, 0.3) is 0 Å². The Hall–Kier alpha value is -2.18. The molecule has 0 aliphatic rings. The molecule has 0 unspecified atom stereocenters. The number of pyridine rings is 1. The van der Waals surface area contributed by atoms with Crippen molar-refractivity contribution in [3.8, 4) is 26.9 Å². The minimum absolute atomic E-state index is 0.172. The van der Waals surface area contributed by atoms with Gasteiger partial charge < -0.3 is 25.6 Å². The Bertz CT molecular complexity index is 1180. The quantitative estimate of drug-likeness (QED) is 0.281. The number of phosphoric ester groups is 1. The summed E-state index contributed by atoms with van der Waals surface area (Å²) in [5.74, 6) is -0.140. The second-order valence-electron chi connectivity index (χ2n) is 7.68. The molecule has 3 rings (SSSR count). The predicted octanol–water partition coefficient (Wildman–Crippen LogP) is 4.08. The molecule has 0 amide bonds. The van der Waals surface area contributed by atoms with Gasteiger partial charge in [-0.3, -0.25) is 4.52 Å². The molecule has 10 nitrogen and oxygen atoms in total.